The Morgan fingerprint density at radius 3 is 2.46 bits per heavy atom. The van der Waals surface area contributed by atoms with Crippen LogP contribution in [0.3, 0.4) is 0 Å². The lowest BCUT2D eigenvalue weighted by Crippen LogP contribution is -2.34. The fourth-order valence-corrected chi connectivity index (χ4v) is 3.12. The number of carbonyl (C=O) groups excluding carboxylic acids is 3. The van der Waals surface area contributed by atoms with Crippen LogP contribution in [0, 0.1) is 5.41 Å². The molecule has 0 bridgehead atoms. The Bertz CT molecular complexity index is 850. The van der Waals surface area contributed by atoms with Gasteiger partial charge in [0.25, 0.3) is 0 Å². The second-order valence-electron chi connectivity index (χ2n) is 7.13. The molecular formula is C21H25NO5S. The summed E-state index contributed by atoms with van der Waals surface area (Å²) in [5.74, 6) is -0.529. The van der Waals surface area contributed by atoms with Crippen molar-refractivity contribution in [3.8, 4) is 5.75 Å². The van der Waals surface area contributed by atoms with Crippen molar-refractivity contribution in [1.29, 1.82) is 0 Å². The number of esters is 1. The van der Waals surface area contributed by atoms with Crippen LogP contribution in [0.2, 0.25) is 0 Å². The Hall–Kier alpha value is -2.67. The molecule has 0 aliphatic rings. The number of benzene rings is 1. The summed E-state index contributed by atoms with van der Waals surface area (Å²) in [5, 5.41) is 2.84. The molecule has 0 aliphatic carbocycles. The van der Waals surface area contributed by atoms with Crippen molar-refractivity contribution in [2.45, 2.75) is 34.2 Å². The molecule has 28 heavy (non-hydrogen) atoms. The van der Waals surface area contributed by atoms with Crippen LogP contribution in [0.25, 0.3) is 0 Å². The third kappa shape index (κ3) is 5.92. The van der Waals surface area contributed by atoms with Crippen LogP contribution in [0.5, 0.6) is 5.75 Å². The Balaban J connectivity index is 1.91. The van der Waals surface area contributed by atoms with Crippen molar-refractivity contribution in [2.24, 2.45) is 5.41 Å². The standard InChI is InChI=1S/C21H25NO5S/c1-5-26-17-9-7-6-8-15(17)19(24)27-13-16(23)18-11-10-14(28-18)12-22-20(25)21(2,3)4/h6-11H,5,12-13H2,1-4H3,(H,22,25). The van der Waals surface area contributed by atoms with Crippen LogP contribution in [0.15, 0.2) is 36.4 Å². The lowest BCUT2D eigenvalue weighted by atomic mass is 9.96. The number of nitrogens with one attached hydrogen (secondary N) is 1. The smallest absolute Gasteiger partial charge is 0.342 e. The van der Waals surface area contributed by atoms with E-state index in [-0.39, 0.29) is 23.9 Å². The van der Waals surface area contributed by atoms with Crippen LogP contribution in [-0.4, -0.2) is 30.9 Å². The zero-order chi connectivity index (χ0) is 20.7. The molecule has 1 heterocycles. The van der Waals surface area contributed by atoms with E-state index in [2.05, 4.69) is 5.32 Å². The minimum Gasteiger partial charge on any atom is -0.493 e. The first-order valence-corrected chi connectivity index (χ1v) is 9.83. The molecule has 6 nitrogen and oxygen atoms in total. The normalized spacial score (nSPS) is 11.0. The predicted molar refractivity (Wildman–Crippen MR) is 108 cm³/mol. The highest BCUT2D eigenvalue weighted by molar-refractivity contribution is 7.14. The maximum Gasteiger partial charge on any atom is 0.342 e. The molecule has 2 aromatic rings. The van der Waals surface area contributed by atoms with E-state index in [0.717, 1.165) is 4.88 Å². The monoisotopic (exact) mass is 403 g/mol. The summed E-state index contributed by atoms with van der Waals surface area (Å²) >= 11 is 1.27. The lowest BCUT2D eigenvalue weighted by Gasteiger charge is -2.17. The van der Waals surface area contributed by atoms with Gasteiger partial charge >= 0.3 is 5.97 Å². The first-order chi connectivity index (χ1) is 13.2. The molecule has 0 fully saturated rings. The maximum atomic E-state index is 12.3. The van der Waals surface area contributed by atoms with Crippen molar-refractivity contribution >= 4 is 29.0 Å². The average Bonchev–Trinajstić information content (AvgIpc) is 3.13. The second kappa shape index (κ2) is 9.50. The number of amides is 1. The van der Waals surface area contributed by atoms with Crippen molar-refractivity contribution in [2.75, 3.05) is 13.2 Å². The first kappa shape index (κ1) is 21.6. The number of thiophene rings is 1. The molecule has 0 radical (unpaired) electrons. The Morgan fingerprint density at radius 2 is 1.79 bits per heavy atom. The van der Waals surface area contributed by atoms with E-state index in [1.165, 1.54) is 11.3 Å². The van der Waals surface area contributed by atoms with Crippen molar-refractivity contribution in [3.05, 3.63) is 51.7 Å². The van der Waals surface area contributed by atoms with Crippen LogP contribution in [-0.2, 0) is 16.1 Å². The number of para-hydroxylation sites is 1. The quantitative estimate of drug-likeness (QED) is 0.535. The molecule has 0 atom stereocenters. The number of Topliss-reactive ketones (excluding diaryl/α,β-unsaturated/α-hetero) is 1. The van der Waals surface area contributed by atoms with E-state index < -0.39 is 11.4 Å². The zero-order valence-corrected chi connectivity index (χ0v) is 17.4. The second-order valence-corrected chi connectivity index (χ2v) is 8.30. The molecule has 0 spiro atoms. The molecule has 7 heteroatoms. The summed E-state index contributed by atoms with van der Waals surface area (Å²) in [6.07, 6.45) is 0. The highest BCUT2D eigenvalue weighted by Crippen LogP contribution is 2.21. The number of hydrogen-bond donors (Lipinski definition) is 1. The molecule has 1 amide bonds. The maximum absolute atomic E-state index is 12.3. The number of hydrogen-bond acceptors (Lipinski definition) is 6. The third-order valence-corrected chi connectivity index (χ3v) is 4.91. The van der Waals surface area contributed by atoms with Gasteiger partial charge in [-0.1, -0.05) is 32.9 Å². The van der Waals surface area contributed by atoms with E-state index in [4.69, 9.17) is 9.47 Å². The fourth-order valence-electron chi connectivity index (χ4n) is 2.25. The molecule has 0 unspecified atom stereocenters. The SMILES string of the molecule is CCOc1ccccc1C(=O)OCC(=O)c1ccc(CNC(=O)C(C)(C)C)s1. The zero-order valence-electron chi connectivity index (χ0n) is 16.5. The van der Waals surface area contributed by atoms with Crippen molar-refractivity contribution in [1.82, 2.24) is 5.32 Å². The van der Waals surface area contributed by atoms with Gasteiger partial charge in [-0.15, -0.1) is 11.3 Å². The van der Waals surface area contributed by atoms with E-state index >= 15 is 0 Å². The van der Waals surface area contributed by atoms with Crippen LogP contribution in [0.4, 0.5) is 0 Å². The molecule has 0 saturated carbocycles. The van der Waals surface area contributed by atoms with Gasteiger partial charge in [0.2, 0.25) is 11.7 Å². The van der Waals surface area contributed by atoms with E-state index in [0.29, 0.717) is 23.8 Å². The summed E-state index contributed by atoms with van der Waals surface area (Å²) in [6, 6.07) is 10.2. The molecule has 150 valence electrons. The Morgan fingerprint density at radius 1 is 1.07 bits per heavy atom. The number of ketones is 1. The fraction of sp³-hybridized carbons (Fsp3) is 0.381. The highest BCUT2D eigenvalue weighted by Gasteiger charge is 2.21. The van der Waals surface area contributed by atoms with E-state index in [9.17, 15) is 14.4 Å². The molecule has 2 rings (SSSR count). The molecule has 0 aliphatic heterocycles. The lowest BCUT2D eigenvalue weighted by molar-refractivity contribution is -0.128. The molecule has 1 aromatic heterocycles. The Kier molecular flexibility index (Phi) is 7.34. The van der Waals surface area contributed by atoms with Gasteiger partial charge in [-0.25, -0.2) is 4.79 Å². The van der Waals surface area contributed by atoms with E-state index in [1.54, 1.807) is 36.4 Å². The van der Waals surface area contributed by atoms with E-state index in [1.807, 2.05) is 27.7 Å². The van der Waals surface area contributed by atoms with Crippen LogP contribution >= 0.6 is 11.3 Å². The van der Waals surface area contributed by atoms with Crippen LogP contribution < -0.4 is 10.1 Å². The molecule has 1 aromatic carbocycles. The van der Waals surface area contributed by atoms with Gasteiger partial charge < -0.3 is 14.8 Å². The molecule has 1 N–H and O–H groups in total. The average molecular weight is 404 g/mol. The van der Waals surface area contributed by atoms with Crippen molar-refractivity contribution < 1.29 is 23.9 Å². The predicted octanol–water partition coefficient (Wildman–Crippen LogP) is 3.85. The minimum absolute atomic E-state index is 0.0596. The summed E-state index contributed by atoms with van der Waals surface area (Å²) in [6.45, 7) is 7.76. The van der Waals surface area contributed by atoms with Gasteiger partial charge in [0, 0.05) is 10.3 Å². The van der Waals surface area contributed by atoms with Gasteiger partial charge in [0.05, 0.1) is 18.0 Å². The minimum atomic E-state index is -0.605. The highest BCUT2D eigenvalue weighted by atomic mass is 32.1. The number of carbonyl (C=O) groups is 3. The van der Waals surface area contributed by atoms with Gasteiger partial charge in [0.1, 0.15) is 11.3 Å². The van der Waals surface area contributed by atoms with Crippen LogP contribution in [0.1, 0.15) is 52.6 Å². The van der Waals surface area contributed by atoms with Gasteiger partial charge in [-0.2, -0.15) is 0 Å². The largest absolute Gasteiger partial charge is 0.493 e. The van der Waals surface area contributed by atoms with Gasteiger partial charge in [-0.05, 0) is 31.2 Å². The number of rotatable bonds is 8. The summed E-state index contributed by atoms with van der Waals surface area (Å²) in [5.41, 5.74) is -0.184. The Labute approximate surface area is 168 Å². The van der Waals surface area contributed by atoms with Crippen molar-refractivity contribution in [3.63, 3.8) is 0 Å². The van der Waals surface area contributed by atoms with Gasteiger partial charge in [0.15, 0.2) is 6.61 Å². The topological polar surface area (TPSA) is 81.7 Å². The summed E-state index contributed by atoms with van der Waals surface area (Å²) in [4.78, 5) is 37.8. The molecular weight excluding hydrogens is 378 g/mol. The van der Waals surface area contributed by atoms with Gasteiger partial charge in [-0.3, -0.25) is 9.59 Å². The molecule has 0 saturated heterocycles. The number of ether oxygens (including phenoxy) is 2. The first-order valence-electron chi connectivity index (χ1n) is 9.01. The summed E-state index contributed by atoms with van der Waals surface area (Å²) in [7, 11) is 0. The summed E-state index contributed by atoms with van der Waals surface area (Å²) < 4.78 is 10.6. The third-order valence-electron chi connectivity index (χ3n) is 3.78.